The summed E-state index contributed by atoms with van der Waals surface area (Å²) in [5.41, 5.74) is 9.55. The molecule has 3 rings (SSSR count). The Balaban J connectivity index is 1.82. The van der Waals surface area contributed by atoms with Crippen LogP contribution in [-0.2, 0) is 0 Å². The molecule has 0 aliphatic rings. The summed E-state index contributed by atoms with van der Waals surface area (Å²) in [6.45, 7) is 0. The second kappa shape index (κ2) is 5.12. The molecule has 1 aromatic heterocycles. The minimum absolute atomic E-state index is 0.741. The number of benzene rings is 2. The van der Waals surface area contributed by atoms with Crippen molar-refractivity contribution < 1.29 is 0 Å². The van der Waals surface area contributed by atoms with Crippen LogP contribution in [0.4, 0.5) is 16.5 Å². The Kier molecular flexibility index (Phi) is 3.16. The van der Waals surface area contributed by atoms with Crippen LogP contribution in [0.5, 0.6) is 0 Å². The summed E-state index contributed by atoms with van der Waals surface area (Å²) in [7, 11) is 0. The van der Waals surface area contributed by atoms with E-state index >= 15 is 0 Å². The Morgan fingerprint density at radius 3 is 2.63 bits per heavy atom. The fourth-order valence-corrected chi connectivity index (χ4v) is 2.55. The van der Waals surface area contributed by atoms with Gasteiger partial charge in [0.05, 0.1) is 5.69 Å². The van der Waals surface area contributed by atoms with Gasteiger partial charge >= 0.3 is 0 Å². The predicted octanol–water partition coefficient (Wildman–Crippen LogP) is 4.14. The number of nitrogens with zero attached hydrogens (tertiary/aromatic N) is 1. The predicted molar refractivity (Wildman–Crippen MR) is 81.7 cm³/mol. The quantitative estimate of drug-likeness (QED) is 0.701. The fourth-order valence-electron chi connectivity index (χ4n) is 1.81. The Morgan fingerprint density at radius 2 is 1.84 bits per heavy atom. The summed E-state index contributed by atoms with van der Waals surface area (Å²) in [6, 6.07) is 17.8. The second-order valence-corrected chi connectivity index (χ2v) is 5.01. The minimum atomic E-state index is 0.741. The summed E-state index contributed by atoms with van der Waals surface area (Å²) >= 11 is 1.58. The van der Waals surface area contributed by atoms with Crippen LogP contribution in [0.3, 0.4) is 0 Å². The van der Waals surface area contributed by atoms with Gasteiger partial charge in [-0.2, -0.15) is 0 Å². The molecule has 94 valence electrons. The number of hydrogen-bond donors (Lipinski definition) is 2. The van der Waals surface area contributed by atoms with Gasteiger partial charge < -0.3 is 11.1 Å². The Labute approximate surface area is 115 Å². The first kappa shape index (κ1) is 11.7. The molecule has 0 aliphatic carbocycles. The molecule has 0 unspecified atom stereocenters. The average molecular weight is 267 g/mol. The third-order valence-electron chi connectivity index (χ3n) is 2.71. The van der Waals surface area contributed by atoms with Crippen LogP contribution in [-0.4, -0.2) is 4.98 Å². The van der Waals surface area contributed by atoms with Crippen molar-refractivity contribution in [1.82, 2.24) is 4.98 Å². The minimum Gasteiger partial charge on any atom is -0.399 e. The summed E-state index contributed by atoms with van der Waals surface area (Å²) in [6.07, 6.45) is 0. The smallest absolute Gasteiger partial charge is 0.187 e. The topological polar surface area (TPSA) is 50.9 Å². The van der Waals surface area contributed by atoms with Gasteiger partial charge in [0.1, 0.15) is 0 Å². The number of hydrogen-bond acceptors (Lipinski definition) is 4. The third-order valence-corrected chi connectivity index (χ3v) is 3.47. The van der Waals surface area contributed by atoms with Crippen molar-refractivity contribution in [1.29, 1.82) is 0 Å². The monoisotopic (exact) mass is 267 g/mol. The lowest BCUT2D eigenvalue weighted by atomic mass is 10.2. The number of rotatable bonds is 3. The molecular formula is C15H13N3S. The molecule has 4 heteroatoms. The van der Waals surface area contributed by atoms with Crippen LogP contribution in [0.25, 0.3) is 11.3 Å². The molecule has 2 aromatic carbocycles. The fraction of sp³-hybridized carbons (Fsp3) is 0. The van der Waals surface area contributed by atoms with E-state index in [0.717, 1.165) is 27.8 Å². The van der Waals surface area contributed by atoms with Gasteiger partial charge in [-0.25, -0.2) is 4.98 Å². The van der Waals surface area contributed by atoms with E-state index in [9.17, 15) is 0 Å². The van der Waals surface area contributed by atoms with Crippen LogP contribution >= 0.6 is 11.3 Å². The first-order valence-corrected chi connectivity index (χ1v) is 6.83. The van der Waals surface area contributed by atoms with E-state index in [-0.39, 0.29) is 0 Å². The second-order valence-electron chi connectivity index (χ2n) is 4.15. The molecule has 3 N–H and O–H groups in total. The van der Waals surface area contributed by atoms with Gasteiger partial charge in [-0.3, -0.25) is 0 Å². The number of aromatic nitrogens is 1. The van der Waals surface area contributed by atoms with Gasteiger partial charge in [0.2, 0.25) is 0 Å². The molecule has 0 saturated carbocycles. The maximum absolute atomic E-state index is 5.75. The van der Waals surface area contributed by atoms with Gasteiger partial charge in [-0.1, -0.05) is 36.4 Å². The van der Waals surface area contributed by atoms with Crippen molar-refractivity contribution in [3.63, 3.8) is 0 Å². The van der Waals surface area contributed by atoms with Crippen LogP contribution in [0.1, 0.15) is 0 Å². The van der Waals surface area contributed by atoms with Crippen molar-refractivity contribution in [3.8, 4) is 11.3 Å². The molecule has 0 spiro atoms. The van der Waals surface area contributed by atoms with E-state index in [2.05, 4.69) is 22.4 Å². The highest BCUT2D eigenvalue weighted by Gasteiger charge is 2.04. The maximum Gasteiger partial charge on any atom is 0.187 e. The van der Waals surface area contributed by atoms with E-state index in [1.807, 2.05) is 47.8 Å². The molecule has 3 aromatic rings. The lowest BCUT2D eigenvalue weighted by molar-refractivity contribution is 1.38. The van der Waals surface area contributed by atoms with E-state index in [4.69, 9.17) is 5.73 Å². The lowest BCUT2D eigenvalue weighted by Gasteiger charge is -2.02. The Morgan fingerprint density at radius 1 is 1.00 bits per heavy atom. The van der Waals surface area contributed by atoms with Crippen LogP contribution in [0.2, 0.25) is 0 Å². The Hall–Kier alpha value is -2.33. The largest absolute Gasteiger partial charge is 0.399 e. The van der Waals surface area contributed by atoms with Gasteiger partial charge in [0.15, 0.2) is 5.13 Å². The van der Waals surface area contributed by atoms with E-state index < -0.39 is 0 Å². The van der Waals surface area contributed by atoms with Gasteiger partial charge in [-0.15, -0.1) is 11.3 Å². The molecule has 0 radical (unpaired) electrons. The molecule has 0 atom stereocenters. The standard InChI is InChI=1S/C15H13N3S/c16-12-7-4-8-13(9-12)17-15-18-14(10-19-15)11-5-2-1-3-6-11/h1-10H,16H2,(H,17,18). The Bertz CT molecular complexity index is 677. The zero-order valence-electron chi connectivity index (χ0n) is 10.2. The van der Waals surface area contributed by atoms with Gasteiger partial charge in [0.25, 0.3) is 0 Å². The van der Waals surface area contributed by atoms with Crippen LogP contribution in [0.15, 0.2) is 60.0 Å². The van der Waals surface area contributed by atoms with Crippen molar-refractivity contribution in [2.24, 2.45) is 0 Å². The van der Waals surface area contributed by atoms with Crippen LogP contribution in [0, 0.1) is 0 Å². The van der Waals surface area contributed by atoms with E-state index in [1.165, 1.54) is 0 Å². The molecule has 3 nitrogen and oxygen atoms in total. The SMILES string of the molecule is Nc1cccc(Nc2nc(-c3ccccc3)cs2)c1. The van der Waals surface area contributed by atoms with Crippen molar-refractivity contribution in [2.45, 2.75) is 0 Å². The summed E-state index contributed by atoms with van der Waals surface area (Å²) < 4.78 is 0. The molecule has 0 amide bonds. The normalized spacial score (nSPS) is 10.3. The number of nitrogens with one attached hydrogen (secondary N) is 1. The van der Waals surface area contributed by atoms with Gasteiger partial charge in [-0.05, 0) is 18.2 Å². The average Bonchev–Trinajstić information content (AvgIpc) is 2.88. The summed E-state index contributed by atoms with van der Waals surface area (Å²) in [5, 5.41) is 6.17. The highest BCUT2D eigenvalue weighted by Crippen LogP contribution is 2.27. The highest BCUT2D eigenvalue weighted by atomic mass is 32.1. The number of anilines is 3. The van der Waals surface area contributed by atoms with Gasteiger partial charge in [0, 0.05) is 22.3 Å². The van der Waals surface area contributed by atoms with Crippen LogP contribution < -0.4 is 11.1 Å². The molecule has 0 bridgehead atoms. The zero-order valence-corrected chi connectivity index (χ0v) is 11.0. The molecule has 0 saturated heterocycles. The third kappa shape index (κ3) is 2.74. The molecule has 0 aliphatic heterocycles. The number of nitrogen functional groups attached to an aromatic ring is 1. The molecular weight excluding hydrogens is 254 g/mol. The summed E-state index contributed by atoms with van der Waals surface area (Å²) in [5.74, 6) is 0. The number of thiazole rings is 1. The zero-order chi connectivity index (χ0) is 13.1. The first-order chi connectivity index (χ1) is 9.31. The summed E-state index contributed by atoms with van der Waals surface area (Å²) in [4.78, 5) is 4.57. The molecule has 0 fully saturated rings. The first-order valence-electron chi connectivity index (χ1n) is 5.95. The maximum atomic E-state index is 5.75. The number of nitrogens with two attached hydrogens (primary N) is 1. The van der Waals surface area contributed by atoms with Crippen molar-refractivity contribution in [2.75, 3.05) is 11.1 Å². The van der Waals surface area contributed by atoms with Crippen molar-refractivity contribution in [3.05, 3.63) is 60.0 Å². The van der Waals surface area contributed by atoms with E-state index in [0.29, 0.717) is 0 Å². The lowest BCUT2D eigenvalue weighted by Crippen LogP contribution is -1.91. The van der Waals surface area contributed by atoms with Crippen molar-refractivity contribution >= 4 is 27.8 Å². The highest BCUT2D eigenvalue weighted by molar-refractivity contribution is 7.14. The van der Waals surface area contributed by atoms with E-state index in [1.54, 1.807) is 11.3 Å². The molecule has 1 heterocycles. The molecule has 19 heavy (non-hydrogen) atoms.